The van der Waals surface area contributed by atoms with Crippen LogP contribution in [0.2, 0.25) is 0 Å². The molecular formula is C37H39N2OP. The fraction of sp³-hybridized carbons (Fsp3) is 0.351. The number of carbonyl (C=O) groups is 1. The van der Waals surface area contributed by atoms with Gasteiger partial charge in [0, 0.05) is 11.5 Å². The number of aliphatic imine (C=N–C) groups is 1. The lowest BCUT2D eigenvalue weighted by Gasteiger charge is -2.36. The van der Waals surface area contributed by atoms with Crippen LogP contribution in [0.3, 0.4) is 0 Å². The van der Waals surface area contributed by atoms with Gasteiger partial charge in [0.05, 0.1) is 6.04 Å². The van der Waals surface area contributed by atoms with Crippen molar-refractivity contribution in [2.45, 2.75) is 69.1 Å². The molecule has 4 heteroatoms. The van der Waals surface area contributed by atoms with Gasteiger partial charge >= 0.3 is 0 Å². The standard InChI is InChI=1S/C37H39N2OP/c1-41(30-21-13-22-30)35-31-23-12-11-14-26(31)24-25-32(35)36-38-33(27-15-5-2-6-16-27)34(28-17-7-3-8-18-28)39(36)37(40)29-19-9-4-10-20-29/h2-3,5-8,11-12,14-18,23-25,29-30,33-34H,4,9-10,13,19-22H2,1H3/t33-,34-,41?/m0/s1. The van der Waals surface area contributed by atoms with Crippen molar-refractivity contribution in [1.29, 1.82) is 0 Å². The van der Waals surface area contributed by atoms with Gasteiger partial charge in [-0.25, -0.2) is 0 Å². The number of amides is 1. The Balaban J connectivity index is 1.45. The SMILES string of the molecule is CP(c1c(C2=N[C@@H](c3ccccc3)[C@H](c3ccccc3)N2C(=O)C2CCCCC2)ccc2ccccc12)C1CCC1. The van der Waals surface area contributed by atoms with Gasteiger partial charge in [0.25, 0.3) is 0 Å². The summed E-state index contributed by atoms with van der Waals surface area (Å²) in [7, 11) is -0.396. The van der Waals surface area contributed by atoms with Gasteiger partial charge in [0.1, 0.15) is 11.9 Å². The predicted octanol–water partition coefficient (Wildman–Crippen LogP) is 8.78. The third-order valence-electron chi connectivity index (χ3n) is 9.66. The lowest BCUT2D eigenvalue weighted by atomic mass is 9.86. The van der Waals surface area contributed by atoms with E-state index < -0.39 is 7.92 Å². The minimum atomic E-state index is -0.396. The number of hydrogen-bond acceptors (Lipinski definition) is 2. The van der Waals surface area contributed by atoms with E-state index in [0.29, 0.717) is 0 Å². The first-order chi connectivity index (χ1) is 20.2. The van der Waals surface area contributed by atoms with Gasteiger partial charge in [-0.2, -0.15) is 0 Å². The van der Waals surface area contributed by atoms with Crippen molar-refractivity contribution in [3.63, 3.8) is 0 Å². The predicted molar refractivity (Wildman–Crippen MR) is 172 cm³/mol. The molecule has 2 saturated carbocycles. The highest BCUT2D eigenvalue weighted by atomic mass is 31.1. The fourth-order valence-corrected chi connectivity index (χ4v) is 9.83. The molecule has 2 fully saturated rings. The molecule has 2 aliphatic carbocycles. The minimum absolute atomic E-state index is 0.0633. The Bertz CT molecular complexity index is 1560. The van der Waals surface area contributed by atoms with Crippen molar-refractivity contribution in [2.75, 3.05) is 6.66 Å². The second-order valence-corrected chi connectivity index (χ2v) is 14.5. The third-order valence-corrected chi connectivity index (χ3v) is 12.5. The average molecular weight is 559 g/mol. The lowest BCUT2D eigenvalue weighted by molar-refractivity contribution is -0.134. The molecule has 41 heavy (non-hydrogen) atoms. The minimum Gasteiger partial charge on any atom is -0.286 e. The van der Waals surface area contributed by atoms with E-state index in [4.69, 9.17) is 4.99 Å². The topological polar surface area (TPSA) is 32.7 Å². The normalized spacial score (nSPS) is 22.4. The van der Waals surface area contributed by atoms with E-state index in [-0.39, 0.29) is 23.9 Å². The van der Waals surface area contributed by atoms with Crippen LogP contribution in [-0.2, 0) is 4.79 Å². The van der Waals surface area contributed by atoms with Crippen LogP contribution in [-0.4, -0.2) is 29.0 Å². The number of fused-ring (bicyclic) bond motifs is 1. The Labute approximate surface area is 245 Å². The Hall–Kier alpha value is -3.29. The molecule has 4 aromatic carbocycles. The van der Waals surface area contributed by atoms with E-state index in [2.05, 4.69) is 109 Å². The number of amidine groups is 1. The molecule has 1 unspecified atom stereocenters. The van der Waals surface area contributed by atoms with Crippen LogP contribution >= 0.6 is 7.92 Å². The summed E-state index contributed by atoms with van der Waals surface area (Å²) in [5.74, 6) is 1.21. The fourth-order valence-electron chi connectivity index (χ4n) is 7.19. The maximum atomic E-state index is 14.7. The summed E-state index contributed by atoms with van der Waals surface area (Å²) in [5.41, 5.74) is 4.24. The third kappa shape index (κ3) is 4.93. The van der Waals surface area contributed by atoms with Gasteiger partial charge in [-0.1, -0.05) is 125 Å². The quantitative estimate of drug-likeness (QED) is 0.218. The second-order valence-electron chi connectivity index (χ2n) is 12.1. The zero-order chi connectivity index (χ0) is 27.8. The van der Waals surface area contributed by atoms with E-state index in [1.807, 2.05) is 0 Å². The molecule has 208 valence electrons. The molecule has 1 amide bonds. The first-order valence-corrected chi connectivity index (χ1v) is 17.3. The van der Waals surface area contributed by atoms with Crippen LogP contribution in [0.15, 0.2) is 102 Å². The zero-order valence-corrected chi connectivity index (χ0v) is 24.8. The Morgan fingerprint density at radius 1 is 0.732 bits per heavy atom. The Morgan fingerprint density at radius 3 is 2.07 bits per heavy atom. The maximum absolute atomic E-state index is 14.7. The van der Waals surface area contributed by atoms with E-state index in [1.165, 1.54) is 47.3 Å². The van der Waals surface area contributed by atoms with Gasteiger partial charge in [-0.05, 0) is 71.3 Å². The molecule has 7 rings (SSSR count). The Kier molecular flexibility index (Phi) is 7.48. The highest BCUT2D eigenvalue weighted by molar-refractivity contribution is 7.66. The van der Waals surface area contributed by atoms with E-state index in [1.54, 1.807) is 0 Å². The van der Waals surface area contributed by atoms with Gasteiger partial charge in [-0.15, -0.1) is 0 Å². The van der Waals surface area contributed by atoms with E-state index in [0.717, 1.165) is 48.3 Å². The summed E-state index contributed by atoms with van der Waals surface area (Å²) in [5, 5.41) is 4.05. The molecule has 0 bridgehead atoms. The number of rotatable bonds is 6. The van der Waals surface area contributed by atoms with Crippen LogP contribution < -0.4 is 5.30 Å². The summed E-state index contributed by atoms with van der Waals surface area (Å²) in [6, 6.07) is 34.3. The molecule has 0 aromatic heterocycles. The summed E-state index contributed by atoms with van der Waals surface area (Å²) in [6.45, 7) is 2.47. The molecule has 3 aliphatic rings. The van der Waals surface area contributed by atoms with E-state index >= 15 is 0 Å². The molecule has 1 aliphatic heterocycles. The van der Waals surface area contributed by atoms with Crippen LogP contribution in [0.1, 0.15) is 80.1 Å². The summed E-state index contributed by atoms with van der Waals surface area (Å²) < 4.78 is 0. The highest BCUT2D eigenvalue weighted by Crippen LogP contribution is 2.51. The maximum Gasteiger partial charge on any atom is 0.231 e. The first kappa shape index (κ1) is 26.6. The zero-order valence-electron chi connectivity index (χ0n) is 24.0. The summed E-state index contributed by atoms with van der Waals surface area (Å²) >= 11 is 0. The number of nitrogens with zero attached hydrogens (tertiary/aromatic N) is 2. The molecule has 3 nitrogen and oxygen atoms in total. The molecule has 0 radical (unpaired) electrons. The van der Waals surface area contributed by atoms with Gasteiger partial charge in [-0.3, -0.25) is 14.7 Å². The summed E-state index contributed by atoms with van der Waals surface area (Å²) in [4.78, 5) is 22.5. The molecule has 0 spiro atoms. The molecule has 1 heterocycles. The van der Waals surface area contributed by atoms with Crippen molar-refractivity contribution in [3.8, 4) is 0 Å². The molecule has 4 aromatic rings. The highest BCUT2D eigenvalue weighted by Gasteiger charge is 2.45. The molecule has 3 atom stereocenters. The van der Waals surface area contributed by atoms with Crippen LogP contribution in [0.25, 0.3) is 10.8 Å². The van der Waals surface area contributed by atoms with Gasteiger partial charge in [0.2, 0.25) is 5.91 Å². The number of benzene rings is 4. The lowest BCUT2D eigenvalue weighted by Crippen LogP contribution is -2.43. The smallest absolute Gasteiger partial charge is 0.231 e. The van der Waals surface area contributed by atoms with Crippen molar-refractivity contribution in [3.05, 3.63) is 114 Å². The van der Waals surface area contributed by atoms with Gasteiger partial charge < -0.3 is 0 Å². The van der Waals surface area contributed by atoms with Crippen LogP contribution in [0.5, 0.6) is 0 Å². The monoisotopic (exact) mass is 558 g/mol. The average Bonchev–Trinajstić information content (AvgIpc) is 3.41. The molecule has 0 saturated heterocycles. The van der Waals surface area contributed by atoms with Crippen molar-refractivity contribution >= 4 is 35.7 Å². The largest absolute Gasteiger partial charge is 0.286 e. The van der Waals surface area contributed by atoms with E-state index in [9.17, 15) is 4.79 Å². The summed E-state index contributed by atoms with van der Waals surface area (Å²) in [6.07, 6.45) is 9.41. The molecule has 0 N–H and O–H groups in total. The van der Waals surface area contributed by atoms with Crippen molar-refractivity contribution < 1.29 is 4.79 Å². The van der Waals surface area contributed by atoms with Crippen LogP contribution in [0, 0.1) is 5.92 Å². The number of carbonyl (C=O) groups excluding carboxylic acids is 1. The molecular weight excluding hydrogens is 519 g/mol. The first-order valence-electron chi connectivity index (χ1n) is 15.5. The van der Waals surface area contributed by atoms with Crippen molar-refractivity contribution in [2.24, 2.45) is 10.9 Å². The van der Waals surface area contributed by atoms with Gasteiger partial charge in [0.15, 0.2) is 0 Å². The second kappa shape index (κ2) is 11.5. The Morgan fingerprint density at radius 2 is 1.39 bits per heavy atom. The van der Waals surface area contributed by atoms with Crippen molar-refractivity contribution in [1.82, 2.24) is 4.90 Å². The van der Waals surface area contributed by atoms with Crippen LogP contribution in [0.4, 0.5) is 0 Å². The number of hydrogen-bond donors (Lipinski definition) is 0.